The van der Waals surface area contributed by atoms with Crippen molar-refractivity contribution < 1.29 is 18.0 Å². The van der Waals surface area contributed by atoms with E-state index in [0.717, 1.165) is 23.8 Å². The molecule has 0 spiro atoms. The lowest BCUT2D eigenvalue weighted by molar-refractivity contribution is -0.151. The lowest BCUT2D eigenvalue weighted by Crippen LogP contribution is -2.32. The van der Waals surface area contributed by atoms with Crippen LogP contribution in [0.25, 0.3) is 22.6 Å². The van der Waals surface area contributed by atoms with Gasteiger partial charge in [0.15, 0.2) is 11.5 Å². The van der Waals surface area contributed by atoms with Gasteiger partial charge in [0, 0.05) is 18.1 Å². The van der Waals surface area contributed by atoms with Crippen LogP contribution in [0.5, 0.6) is 0 Å². The van der Waals surface area contributed by atoms with E-state index >= 15 is 0 Å². The zero-order valence-corrected chi connectivity index (χ0v) is 15.0. The summed E-state index contributed by atoms with van der Waals surface area (Å²) in [7, 11) is 2.57. The number of aromatic nitrogens is 4. The maximum absolute atomic E-state index is 13.2. The SMILES string of the molecule is CCSc1cccnc1-c1nc2cc(C(F)(F)F)n(OC)c(=O)c2n1C. The Morgan fingerprint density at radius 1 is 1.35 bits per heavy atom. The third kappa shape index (κ3) is 2.94. The fraction of sp³-hybridized carbons (Fsp3) is 0.312. The van der Waals surface area contributed by atoms with Crippen LogP contribution >= 0.6 is 11.8 Å². The molecular formula is C16H15F3N4O2S. The van der Waals surface area contributed by atoms with Gasteiger partial charge >= 0.3 is 11.7 Å². The lowest BCUT2D eigenvalue weighted by atomic mass is 10.3. The topological polar surface area (TPSA) is 61.9 Å². The van der Waals surface area contributed by atoms with Crippen molar-refractivity contribution in [3.63, 3.8) is 0 Å². The van der Waals surface area contributed by atoms with Gasteiger partial charge in [0.1, 0.15) is 18.3 Å². The number of halogens is 3. The van der Waals surface area contributed by atoms with Crippen molar-refractivity contribution >= 4 is 22.8 Å². The number of thioether (sulfide) groups is 1. The number of nitrogens with zero attached hydrogens (tertiary/aromatic N) is 4. The van der Waals surface area contributed by atoms with Crippen LogP contribution in [0.15, 0.2) is 34.1 Å². The van der Waals surface area contributed by atoms with Crippen molar-refractivity contribution in [3.05, 3.63) is 40.4 Å². The highest BCUT2D eigenvalue weighted by Gasteiger charge is 2.37. The Kier molecular flexibility index (Phi) is 4.70. The second-order valence-electron chi connectivity index (χ2n) is 5.32. The molecule has 6 nitrogen and oxygen atoms in total. The summed E-state index contributed by atoms with van der Waals surface area (Å²) in [5.74, 6) is 1.10. The van der Waals surface area contributed by atoms with Gasteiger partial charge in [0.25, 0.3) is 0 Å². The van der Waals surface area contributed by atoms with E-state index in [9.17, 15) is 18.0 Å². The van der Waals surface area contributed by atoms with Crippen molar-refractivity contribution in [2.45, 2.75) is 18.0 Å². The highest BCUT2D eigenvalue weighted by molar-refractivity contribution is 7.99. The Morgan fingerprint density at radius 2 is 2.08 bits per heavy atom. The largest absolute Gasteiger partial charge is 0.435 e. The lowest BCUT2D eigenvalue weighted by Gasteiger charge is -2.13. The molecule has 138 valence electrons. The van der Waals surface area contributed by atoms with Crippen molar-refractivity contribution in [1.82, 2.24) is 19.3 Å². The van der Waals surface area contributed by atoms with Crippen LogP contribution in [0, 0.1) is 0 Å². The molecule has 0 radical (unpaired) electrons. The normalized spacial score (nSPS) is 11.9. The van der Waals surface area contributed by atoms with Gasteiger partial charge < -0.3 is 9.40 Å². The van der Waals surface area contributed by atoms with Crippen molar-refractivity contribution in [1.29, 1.82) is 0 Å². The molecule has 0 aliphatic rings. The molecule has 3 aromatic heterocycles. The quantitative estimate of drug-likeness (QED) is 0.647. The second-order valence-corrected chi connectivity index (χ2v) is 6.63. The van der Waals surface area contributed by atoms with E-state index in [4.69, 9.17) is 0 Å². The number of imidazole rings is 1. The predicted octanol–water partition coefficient (Wildman–Crippen LogP) is 2.99. The Morgan fingerprint density at radius 3 is 2.69 bits per heavy atom. The highest BCUT2D eigenvalue weighted by Crippen LogP contribution is 2.32. The third-order valence-electron chi connectivity index (χ3n) is 3.76. The molecule has 0 unspecified atom stereocenters. The molecule has 0 bridgehead atoms. The van der Waals surface area contributed by atoms with E-state index in [1.54, 1.807) is 19.3 Å². The molecular weight excluding hydrogens is 369 g/mol. The number of rotatable bonds is 4. The fourth-order valence-corrected chi connectivity index (χ4v) is 3.45. The smallest absolute Gasteiger partial charge is 0.413 e. The summed E-state index contributed by atoms with van der Waals surface area (Å²) in [6, 6.07) is 4.42. The monoisotopic (exact) mass is 384 g/mol. The van der Waals surface area contributed by atoms with E-state index in [2.05, 4.69) is 14.8 Å². The Balaban J connectivity index is 2.34. The van der Waals surface area contributed by atoms with Crippen molar-refractivity contribution in [2.75, 3.05) is 12.9 Å². The molecule has 0 aliphatic heterocycles. The summed E-state index contributed by atoms with van der Waals surface area (Å²) < 4.78 is 41.4. The first kappa shape index (κ1) is 18.3. The maximum Gasteiger partial charge on any atom is 0.435 e. The zero-order valence-electron chi connectivity index (χ0n) is 14.2. The van der Waals surface area contributed by atoms with Gasteiger partial charge in [-0.15, -0.1) is 16.5 Å². The number of fused-ring (bicyclic) bond motifs is 1. The highest BCUT2D eigenvalue weighted by atomic mass is 32.2. The number of hydrogen-bond acceptors (Lipinski definition) is 5. The molecule has 26 heavy (non-hydrogen) atoms. The molecule has 3 heterocycles. The van der Waals surface area contributed by atoms with Crippen LogP contribution in [0.3, 0.4) is 0 Å². The van der Waals surface area contributed by atoms with E-state index in [0.29, 0.717) is 11.5 Å². The van der Waals surface area contributed by atoms with Crippen LogP contribution < -0.4 is 10.4 Å². The van der Waals surface area contributed by atoms with Crippen LogP contribution in [0.1, 0.15) is 12.6 Å². The first-order valence-corrected chi connectivity index (χ1v) is 8.60. The van der Waals surface area contributed by atoms with Crippen LogP contribution in [0.4, 0.5) is 13.2 Å². The van der Waals surface area contributed by atoms with E-state index in [1.165, 1.54) is 16.3 Å². The van der Waals surface area contributed by atoms with E-state index < -0.39 is 17.4 Å². The van der Waals surface area contributed by atoms with E-state index in [-0.39, 0.29) is 15.8 Å². The Labute approximate surface area is 150 Å². The van der Waals surface area contributed by atoms with Gasteiger partial charge in [0.2, 0.25) is 0 Å². The molecule has 3 rings (SSSR count). The Hall–Kier alpha value is -2.49. The molecule has 0 saturated carbocycles. The Bertz CT molecular complexity index is 1030. The standard InChI is InChI=1S/C16H15F3N4O2S/c1-4-26-10-6-5-7-20-12(10)14-21-9-8-11(16(17,18)19)23(25-3)15(24)13(9)22(14)2/h5-8H,4H2,1-3H3. The van der Waals surface area contributed by atoms with Crippen LogP contribution in [-0.4, -0.2) is 32.1 Å². The average Bonchev–Trinajstić information content (AvgIpc) is 2.92. The summed E-state index contributed by atoms with van der Waals surface area (Å²) in [6.45, 7) is 1.98. The molecule has 0 amide bonds. The van der Waals surface area contributed by atoms with Gasteiger partial charge in [0.05, 0.1) is 5.52 Å². The van der Waals surface area contributed by atoms with Gasteiger partial charge in [-0.05, 0) is 24.0 Å². The number of aryl methyl sites for hydroxylation is 1. The zero-order chi connectivity index (χ0) is 19.1. The molecule has 3 aromatic rings. The molecule has 0 saturated heterocycles. The van der Waals surface area contributed by atoms with Crippen molar-refractivity contribution in [2.24, 2.45) is 7.05 Å². The summed E-state index contributed by atoms with van der Waals surface area (Å²) in [4.78, 5) is 26.6. The molecule has 10 heteroatoms. The summed E-state index contributed by atoms with van der Waals surface area (Å²) in [6.07, 6.45) is -3.18. The average molecular weight is 384 g/mol. The summed E-state index contributed by atoms with van der Waals surface area (Å²) in [5.41, 5.74) is -1.69. The van der Waals surface area contributed by atoms with Gasteiger partial charge in [-0.3, -0.25) is 9.78 Å². The van der Waals surface area contributed by atoms with Gasteiger partial charge in [-0.25, -0.2) is 4.98 Å². The minimum Gasteiger partial charge on any atom is -0.413 e. The summed E-state index contributed by atoms with van der Waals surface area (Å²) in [5, 5.41) is 0. The second kappa shape index (κ2) is 6.67. The first-order chi connectivity index (χ1) is 12.3. The molecule has 0 atom stereocenters. The molecule has 0 aromatic carbocycles. The fourth-order valence-electron chi connectivity index (χ4n) is 2.69. The molecule has 0 fully saturated rings. The van der Waals surface area contributed by atoms with Crippen molar-refractivity contribution in [3.8, 4) is 11.5 Å². The van der Waals surface area contributed by atoms with Crippen LogP contribution in [0.2, 0.25) is 0 Å². The minimum absolute atomic E-state index is 0.00736. The first-order valence-electron chi connectivity index (χ1n) is 7.62. The van der Waals surface area contributed by atoms with Crippen LogP contribution in [-0.2, 0) is 13.2 Å². The van der Waals surface area contributed by atoms with Gasteiger partial charge in [-0.2, -0.15) is 13.2 Å². The number of pyridine rings is 2. The van der Waals surface area contributed by atoms with E-state index in [1.807, 2.05) is 13.0 Å². The van der Waals surface area contributed by atoms with Gasteiger partial charge in [-0.1, -0.05) is 6.92 Å². The number of hydrogen-bond donors (Lipinski definition) is 0. The third-order valence-corrected chi connectivity index (χ3v) is 4.69. The minimum atomic E-state index is -4.75. The number of alkyl halides is 3. The molecule has 0 N–H and O–H groups in total. The summed E-state index contributed by atoms with van der Waals surface area (Å²) >= 11 is 1.53. The molecule has 0 aliphatic carbocycles. The maximum atomic E-state index is 13.2. The predicted molar refractivity (Wildman–Crippen MR) is 92.1 cm³/mol.